The van der Waals surface area contributed by atoms with Crippen LogP contribution in [0.3, 0.4) is 0 Å². The van der Waals surface area contributed by atoms with Gasteiger partial charge in [0.25, 0.3) is 40.5 Å². The lowest BCUT2D eigenvalue weighted by molar-refractivity contribution is -0.437. The van der Waals surface area contributed by atoms with Crippen LogP contribution in [-0.2, 0) is 57.7 Å². The summed E-state index contributed by atoms with van der Waals surface area (Å²) in [6.45, 7) is 7.36. The molecule has 65 heavy (non-hydrogen) atoms. The summed E-state index contributed by atoms with van der Waals surface area (Å²) >= 11 is 0. The molecule has 2 aliphatic heterocycles. The van der Waals surface area contributed by atoms with Crippen molar-refractivity contribution in [3.05, 3.63) is 137 Å². The number of aryl methyl sites for hydroxylation is 1. The number of rotatable bonds is 13. The van der Waals surface area contributed by atoms with Crippen LogP contribution in [0.25, 0.3) is 21.5 Å². The zero-order chi connectivity index (χ0) is 47.8. The molecule has 16 nitrogen and oxygen atoms in total. The van der Waals surface area contributed by atoms with Gasteiger partial charge >= 0.3 is 5.97 Å². The zero-order valence-corrected chi connectivity index (χ0v) is 38.8. The third-order valence-corrected chi connectivity index (χ3v) is 15.5. The minimum absolute atomic E-state index is 0.0268. The predicted octanol–water partition coefficient (Wildman–Crippen LogP) is 7.04. The minimum Gasteiger partial charge on any atom is -0.478 e. The average molecular weight is 966 g/mol. The smallest absolute Gasteiger partial charge is 0.335 e. The molecule has 0 radical (unpaired) electrons. The largest absolute Gasteiger partial charge is 0.478 e. The molecule has 2 heterocycles. The van der Waals surface area contributed by atoms with E-state index in [9.17, 15) is 61.8 Å². The molecule has 0 fully saturated rings. The molecule has 0 bridgehead atoms. The fraction of sp³-hybridized carbons (Fsp3) is 0.244. The van der Waals surface area contributed by atoms with E-state index in [1.54, 1.807) is 67.8 Å². The maximum atomic E-state index is 12.5. The van der Waals surface area contributed by atoms with Crippen LogP contribution >= 0.6 is 0 Å². The highest BCUT2D eigenvalue weighted by atomic mass is 32.2. The van der Waals surface area contributed by atoms with Gasteiger partial charge in [-0.15, -0.1) is 0 Å². The molecule has 2 aliphatic rings. The van der Waals surface area contributed by atoms with Gasteiger partial charge in [0.15, 0.2) is 5.71 Å². The summed E-state index contributed by atoms with van der Waals surface area (Å²) in [7, 11) is -17.0. The number of carboxylic acids is 1. The average Bonchev–Trinajstić information content (AvgIpc) is 3.54. The van der Waals surface area contributed by atoms with Gasteiger partial charge in [-0.3, -0.25) is 18.2 Å². The van der Waals surface area contributed by atoms with E-state index in [-0.39, 0.29) is 34.2 Å². The molecule has 5 N–H and O–H groups in total. The summed E-state index contributed by atoms with van der Waals surface area (Å²) in [5.41, 5.74) is 3.39. The van der Waals surface area contributed by atoms with Crippen LogP contribution < -0.4 is 4.90 Å². The highest BCUT2D eigenvalue weighted by Crippen LogP contribution is 2.53. The Bertz CT molecular complexity index is 3470. The lowest BCUT2D eigenvalue weighted by Crippen LogP contribution is -2.29. The van der Waals surface area contributed by atoms with Crippen LogP contribution in [-0.4, -0.2) is 92.6 Å². The lowest BCUT2D eigenvalue weighted by Gasteiger charge is -2.30. The van der Waals surface area contributed by atoms with Gasteiger partial charge in [-0.2, -0.15) is 38.2 Å². The van der Waals surface area contributed by atoms with Crippen molar-refractivity contribution in [2.45, 2.75) is 66.1 Å². The van der Waals surface area contributed by atoms with Crippen molar-refractivity contribution in [2.24, 2.45) is 0 Å². The van der Waals surface area contributed by atoms with Crippen LogP contribution in [0.5, 0.6) is 0 Å². The van der Waals surface area contributed by atoms with Crippen molar-refractivity contribution in [1.82, 2.24) is 0 Å². The third-order valence-electron chi connectivity index (χ3n) is 12.2. The maximum absolute atomic E-state index is 12.5. The number of nitrogens with zero attached hydrogens (tertiary/aromatic N) is 2. The Hall–Kier alpha value is -5.58. The minimum atomic E-state index is -5.00. The van der Waals surface area contributed by atoms with Crippen LogP contribution in [0.15, 0.2) is 124 Å². The zero-order valence-electron chi connectivity index (χ0n) is 35.6. The van der Waals surface area contributed by atoms with Crippen molar-refractivity contribution in [3.63, 3.8) is 0 Å². The quantitative estimate of drug-likeness (QED) is 0.0450. The maximum Gasteiger partial charge on any atom is 0.335 e. The molecular weight excluding hydrogens is 921 g/mol. The number of benzene rings is 5. The molecule has 20 heteroatoms. The Kier molecular flexibility index (Phi) is 11.9. The van der Waals surface area contributed by atoms with Crippen LogP contribution in [0.4, 0.5) is 11.4 Å². The molecule has 5 aromatic carbocycles. The van der Waals surface area contributed by atoms with Gasteiger partial charge in [0.1, 0.15) is 11.4 Å². The summed E-state index contributed by atoms with van der Waals surface area (Å²) in [4.78, 5) is 11.9. The number of carboxylic acid groups (broad SMARTS) is 1. The molecule has 0 aliphatic carbocycles. The molecule has 0 amide bonds. The van der Waals surface area contributed by atoms with Crippen LogP contribution in [0.1, 0.15) is 59.8 Å². The molecule has 0 aromatic heterocycles. The molecule has 342 valence electrons. The van der Waals surface area contributed by atoms with Gasteiger partial charge < -0.3 is 10.0 Å². The van der Waals surface area contributed by atoms with Gasteiger partial charge in [-0.05, 0) is 122 Å². The fourth-order valence-corrected chi connectivity index (χ4v) is 11.8. The number of allylic oxidation sites excluding steroid dienone is 6. The molecular formula is C45H45N2O14S4+. The topological polar surface area (TPSA) is 261 Å². The second-order valence-electron chi connectivity index (χ2n) is 16.9. The van der Waals surface area contributed by atoms with Crippen LogP contribution in [0.2, 0.25) is 0 Å². The van der Waals surface area contributed by atoms with E-state index < -0.39 is 72.8 Å². The van der Waals surface area contributed by atoms with E-state index in [1.807, 2.05) is 37.1 Å². The van der Waals surface area contributed by atoms with Gasteiger partial charge in [0.2, 0.25) is 5.69 Å². The number of fused-ring (bicyclic) bond motifs is 6. The first-order chi connectivity index (χ1) is 30.0. The van der Waals surface area contributed by atoms with Crippen molar-refractivity contribution >= 4 is 85.1 Å². The summed E-state index contributed by atoms with van der Waals surface area (Å²) < 4.78 is 140. The summed E-state index contributed by atoms with van der Waals surface area (Å²) in [6.07, 6.45) is 9.16. The second kappa shape index (κ2) is 16.4. The molecule has 0 saturated heterocycles. The molecule has 0 spiro atoms. The molecule has 1 unspecified atom stereocenters. The third kappa shape index (κ3) is 8.92. The molecule has 0 saturated carbocycles. The Labute approximate surface area is 376 Å². The molecule has 1 atom stereocenters. The summed E-state index contributed by atoms with van der Waals surface area (Å²) in [6, 6.07) is 17.8. The molecule has 7 rings (SSSR count). The number of hydrogen-bond acceptors (Lipinski definition) is 10. The number of carbonyl (C=O) groups is 1. The van der Waals surface area contributed by atoms with E-state index in [0.29, 0.717) is 40.4 Å². The number of likely N-dealkylation sites (N-methyl/N-ethyl adjacent to an activating group) is 1. The number of anilines is 1. The van der Waals surface area contributed by atoms with Gasteiger partial charge in [-0.25, -0.2) is 4.79 Å². The number of aromatic carboxylic acids is 1. The first-order valence-electron chi connectivity index (χ1n) is 19.9. The SMILES string of the molecule is Cc1cc(S(=O)(=O)O)cc2c3c(ccc12)N(C)C(=CC=CC=CC1=[N+](CCCS(=O)(=O)O)c2ccc4c(S(=O)(=O)O)cc(S(=O)(=O)O)cc4c2C1(C)C)C3(C)Cc1ccc(C(=O)O)cc1. The molecule has 5 aromatic rings. The predicted molar refractivity (Wildman–Crippen MR) is 245 cm³/mol. The van der Waals surface area contributed by atoms with Crippen molar-refractivity contribution in [3.8, 4) is 0 Å². The summed E-state index contributed by atoms with van der Waals surface area (Å²) in [5.74, 6) is -1.66. The van der Waals surface area contributed by atoms with Crippen LogP contribution in [0, 0.1) is 6.92 Å². The van der Waals surface area contributed by atoms with Crippen molar-refractivity contribution in [2.75, 3.05) is 24.2 Å². The second-order valence-corrected chi connectivity index (χ2v) is 22.7. The monoisotopic (exact) mass is 965 g/mol. The normalized spacial score (nSPS) is 18.5. The van der Waals surface area contributed by atoms with E-state index in [4.69, 9.17) is 0 Å². The summed E-state index contributed by atoms with van der Waals surface area (Å²) in [5, 5.41) is 11.0. The van der Waals surface area contributed by atoms with E-state index in [0.717, 1.165) is 34.0 Å². The Morgan fingerprint density at radius 2 is 1.31 bits per heavy atom. The van der Waals surface area contributed by atoms with Crippen molar-refractivity contribution in [1.29, 1.82) is 0 Å². The van der Waals surface area contributed by atoms with E-state index in [1.165, 1.54) is 30.3 Å². The van der Waals surface area contributed by atoms with Crippen molar-refractivity contribution < 1.29 is 66.4 Å². The Morgan fingerprint density at radius 1 is 0.708 bits per heavy atom. The fourth-order valence-electron chi connectivity index (χ4n) is 9.37. The first-order valence-corrected chi connectivity index (χ1v) is 25.8. The Morgan fingerprint density at radius 3 is 1.89 bits per heavy atom. The highest BCUT2D eigenvalue weighted by molar-refractivity contribution is 7.87. The highest BCUT2D eigenvalue weighted by Gasteiger charge is 2.47. The van der Waals surface area contributed by atoms with Gasteiger partial charge in [-0.1, -0.05) is 36.4 Å². The number of hydrogen-bond donors (Lipinski definition) is 5. The van der Waals surface area contributed by atoms with Gasteiger partial charge in [0, 0.05) is 53.4 Å². The van der Waals surface area contributed by atoms with E-state index >= 15 is 0 Å². The van der Waals surface area contributed by atoms with E-state index in [2.05, 4.69) is 0 Å². The van der Waals surface area contributed by atoms with Gasteiger partial charge in [0.05, 0.1) is 26.5 Å². The Balaban J connectivity index is 1.35. The lowest BCUT2D eigenvalue weighted by atomic mass is 9.74. The first kappa shape index (κ1) is 47.4. The standard InChI is InChI=1S/C45H44N2O14S4/c1-27-22-30(63(53,54)55)23-34-32(27)16-18-36-42(34)45(4,26-28-12-14-29(15-13-28)43(48)49)40(46(36)5)11-8-6-7-10-39-44(2,3)41-35-24-31(64(56,57)58)25-38(65(59,60)61)33(35)17-19-37(41)47(39)20-9-21-62(50,51)52/h6-8,10-19,22-25H,9,20-21,26H2,1-5H3,(H4-,48,49,50,51,52,53,54,55,56,57,58,59,60,61)/p+1.